The molecular weight excluding hydrogens is 444 g/mol. The number of ketones is 1. The molecule has 0 bridgehead atoms. The maximum Gasteiger partial charge on any atom is 0.414 e. The van der Waals surface area contributed by atoms with Crippen LogP contribution in [0.4, 0.5) is 38.5 Å². The molecule has 2 fully saturated rings. The largest absolute Gasteiger partial charge is 0.444 e. The minimum atomic E-state index is -3.12. The first-order valence-electron chi connectivity index (χ1n) is 9.58. The van der Waals surface area contributed by atoms with Crippen LogP contribution in [0.15, 0.2) is 12.1 Å². The van der Waals surface area contributed by atoms with Gasteiger partial charge in [-0.05, 0) is 6.42 Å². The van der Waals surface area contributed by atoms with Crippen molar-refractivity contribution in [2.45, 2.75) is 25.4 Å². The van der Waals surface area contributed by atoms with Crippen LogP contribution in [0.25, 0.3) is 0 Å². The van der Waals surface area contributed by atoms with E-state index in [9.17, 15) is 31.9 Å². The highest BCUT2D eigenvalue weighted by Gasteiger charge is 2.34. The second-order valence-corrected chi connectivity index (χ2v) is 7.02. The number of ether oxygens (including phenoxy) is 1. The standard InChI is InChI=1S/C18H20F4N4O6/c19-12-7-10(25-9-11(32-18(25)29)1-2-14(27)16(21)22)8-13(20)15(12)24-3-4-26(17(28)23-30)31-6-5-24/h7-8,11,16,30H,1-6,9H2,(H,23,28)/t11-/m0/s1. The number of anilines is 2. The average Bonchev–Trinajstić information content (AvgIpc) is 2.95. The predicted octanol–water partition coefficient (Wildman–Crippen LogP) is 2.06. The average molecular weight is 464 g/mol. The Hall–Kier alpha value is -3.13. The molecule has 0 saturated carbocycles. The second kappa shape index (κ2) is 9.99. The van der Waals surface area contributed by atoms with Crippen molar-refractivity contribution in [2.75, 3.05) is 42.6 Å². The van der Waals surface area contributed by atoms with Gasteiger partial charge in [-0.3, -0.25) is 19.7 Å². The molecule has 3 rings (SSSR count). The quantitative estimate of drug-likeness (QED) is 0.377. The van der Waals surface area contributed by atoms with Crippen LogP contribution in [0.2, 0.25) is 0 Å². The topological polar surface area (TPSA) is 112 Å². The van der Waals surface area contributed by atoms with E-state index in [2.05, 4.69) is 0 Å². The third-order valence-corrected chi connectivity index (χ3v) is 4.96. The Morgan fingerprint density at radius 2 is 1.88 bits per heavy atom. The summed E-state index contributed by atoms with van der Waals surface area (Å²) in [6.45, 7) is -0.312. The van der Waals surface area contributed by atoms with Crippen molar-refractivity contribution in [1.82, 2.24) is 10.5 Å². The normalized spacial score (nSPS) is 19.2. The number of hydrogen-bond donors (Lipinski definition) is 2. The monoisotopic (exact) mass is 464 g/mol. The summed E-state index contributed by atoms with van der Waals surface area (Å²) in [4.78, 5) is 41.9. The maximum absolute atomic E-state index is 14.8. The van der Waals surface area contributed by atoms with Crippen LogP contribution >= 0.6 is 0 Å². The van der Waals surface area contributed by atoms with Gasteiger partial charge in [0, 0.05) is 31.6 Å². The van der Waals surface area contributed by atoms with Crippen molar-refractivity contribution in [2.24, 2.45) is 0 Å². The lowest BCUT2D eigenvalue weighted by Gasteiger charge is -2.24. The molecule has 1 atom stereocenters. The highest BCUT2D eigenvalue weighted by molar-refractivity contribution is 5.90. The van der Waals surface area contributed by atoms with E-state index in [1.54, 1.807) is 0 Å². The molecule has 0 spiro atoms. The molecule has 2 saturated heterocycles. The van der Waals surface area contributed by atoms with Crippen molar-refractivity contribution < 1.29 is 46.7 Å². The fourth-order valence-electron chi connectivity index (χ4n) is 3.39. The molecule has 10 nitrogen and oxygen atoms in total. The number of alkyl halides is 2. The molecule has 0 radical (unpaired) electrons. The molecule has 0 unspecified atom stereocenters. The van der Waals surface area contributed by atoms with Gasteiger partial charge in [0.05, 0.1) is 25.4 Å². The molecule has 2 heterocycles. The van der Waals surface area contributed by atoms with Gasteiger partial charge in [-0.25, -0.2) is 32.6 Å². The van der Waals surface area contributed by atoms with Crippen molar-refractivity contribution in [1.29, 1.82) is 0 Å². The van der Waals surface area contributed by atoms with Gasteiger partial charge in [0.1, 0.15) is 11.8 Å². The number of Topliss-reactive ketones (excluding diaryl/α,β-unsaturated/α-hetero) is 1. The minimum absolute atomic E-state index is 0.00734. The molecule has 2 aliphatic heterocycles. The van der Waals surface area contributed by atoms with E-state index in [1.165, 1.54) is 10.4 Å². The SMILES string of the molecule is O=C(CC[C@H]1CN(c2cc(F)c(N3CCON(C(=O)NO)CC3)c(F)c2)C(=O)O1)C(F)F. The summed E-state index contributed by atoms with van der Waals surface area (Å²) in [5.74, 6) is -3.24. The van der Waals surface area contributed by atoms with Crippen molar-refractivity contribution in [3.05, 3.63) is 23.8 Å². The molecule has 3 amide bonds. The summed E-state index contributed by atoms with van der Waals surface area (Å²) in [5, 5.41) is 9.47. The highest BCUT2D eigenvalue weighted by Crippen LogP contribution is 2.32. The Kier molecular flexibility index (Phi) is 7.35. The molecule has 32 heavy (non-hydrogen) atoms. The lowest BCUT2D eigenvalue weighted by atomic mass is 10.1. The third-order valence-electron chi connectivity index (χ3n) is 4.96. The van der Waals surface area contributed by atoms with Crippen LogP contribution in [0.5, 0.6) is 0 Å². The first-order chi connectivity index (χ1) is 15.2. The number of hydrogen-bond acceptors (Lipinski definition) is 7. The van der Waals surface area contributed by atoms with Gasteiger partial charge in [-0.1, -0.05) is 0 Å². The van der Waals surface area contributed by atoms with Crippen molar-refractivity contribution in [3.63, 3.8) is 0 Å². The summed E-state index contributed by atoms with van der Waals surface area (Å²) >= 11 is 0. The predicted molar refractivity (Wildman–Crippen MR) is 99.4 cm³/mol. The van der Waals surface area contributed by atoms with Gasteiger partial charge >= 0.3 is 12.1 Å². The molecule has 1 aromatic carbocycles. The second-order valence-electron chi connectivity index (χ2n) is 7.02. The zero-order valence-corrected chi connectivity index (χ0v) is 16.6. The van der Waals surface area contributed by atoms with E-state index >= 15 is 0 Å². The Labute approximate surface area is 179 Å². The number of benzene rings is 1. The van der Waals surface area contributed by atoms with Crippen LogP contribution in [0.3, 0.4) is 0 Å². The van der Waals surface area contributed by atoms with E-state index in [4.69, 9.17) is 14.8 Å². The molecule has 14 heteroatoms. The Balaban J connectivity index is 1.70. The van der Waals surface area contributed by atoms with Gasteiger partial charge in [-0.2, -0.15) is 5.06 Å². The van der Waals surface area contributed by atoms with Crippen LogP contribution < -0.4 is 15.3 Å². The molecule has 1 aromatic rings. The van der Waals surface area contributed by atoms with E-state index in [0.29, 0.717) is 0 Å². The number of urea groups is 1. The van der Waals surface area contributed by atoms with Gasteiger partial charge in [-0.15, -0.1) is 0 Å². The summed E-state index contributed by atoms with van der Waals surface area (Å²) in [5.41, 5.74) is 0.868. The van der Waals surface area contributed by atoms with Gasteiger partial charge in [0.2, 0.25) is 0 Å². The maximum atomic E-state index is 14.8. The smallest absolute Gasteiger partial charge is 0.414 e. The Morgan fingerprint density at radius 3 is 2.50 bits per heavy atom. The summed E-state index contributed by atoms with van der Waals surface area (Å²) in [7, 11) is 0. The van der Waals surface area contributed by atoms with E-state index < -0.39 is 54.2 Å². The number of cyclic esters (lactones) is 1. The molecular formula is C18H20F4N4O6. The number of halogens is 4. The lowest BCUT2D eigenvalue weighted by Crippen LogP contribution is -2.40. The Morgan fingerprint density at radius 1 is 1.19 bits per heavy atom. The third kappa shape index (κ3) is 5.19. The van der Waals surface area contributed by atoms with E-state index in [-0.39, 0.29) is 44.9 Å². The van der Waals surface area contributed by atoms with Crippen molar-refractivity contribution in [3.8, 4) is 0 Å². The first kappa shape index (κ1) is 23.5. The number of amides is 3. The number of rotatable bonds is 6. The number of carbonyl (C=O) groups is 3. The first-order valence-corrected chi connectivity index (χ1v) is 9.58. The van der Waals surface area contributed by atoms with E-state index in [0.717, 1.165) is 22.1 Å². The van der Waals surface area contributed by atoms with Gasteiger partial charge < -0.3 is 9.64 Å². The van der Waals surface area contributed by atoms with E-state index in [1.807, 2.05) is 0 Å². The van der Waals surface area contributed by atoms with Crippen LogP contribution in [0, 0.1) is 11.6 Å². The highest BCUT2D eigenvalue weighted by atomic mass is 19.3. The molecule has 2 N–H and O–H groups in total. The lowest BCUT2D eigenvalue weighted by molar-refractivity contribution is -0.129. The number of nitrogens with one attached hydrogen (secondary N) is 1. The Bertz CT molecular complexity index is 866. The van der Waals surface area contributed by atoms with Gasteiger partial charge in [0.15, 0.2) is 17.4 Å². The molecule has 176 valence electrons. The minimum Gasteiger partial charge on any atom is -0.444 e. The fourth-order valence-corrected chi connectivity index (χ4v) is 3.39. The number of hydroxylamine groups is 3. The van der Waals surface area contributed by atoms with Crippen molar-refractivity contribution >= 4 is 29.3 Å². The fraction of sp³-hybridized carbons (Fsp3) is 0.500. The summed E-state index contributed by atoms with van der Waals surface area (Å²) in [6, 6.07) is 0.924. The van der Waals surface area contributed by atoms with Crippen LogP contribution in [0.1, 0.15) is 12.8 Å². The summed E-state index contributed by atoms with van der Waals surface area (Å²) < 4.78 is 59.2. The van der Waals surface area contributed by atoms with Gasteiger partial charge in [0.25, 0.3) is 6.43 Å². The zero-order chi connectivity index (χ0) is 23.4. The zero-order valence-electron chi connectivity index (χ0n) is 16.6. The molecule has 0 aromatic heterocycles. The molecule has 2 aliphatic rings. The number of nitrogens with zero attached hydrogens (tertiary/aromatic N) is 3. The molecule has 0 aliphatic carbocycles. The van der Waals surface area contributed by atoms with Crippen LogP contribution in [-0.4, -0.2) is 73.5 Å². The summed E-state index contributed by atoms with van der Waals surface area (Å²) in [6.07, 6.45) is -5.54. The van der Waals surface area contributed by atoms with Crippen LogP contribution in [-0.2, 0) is 14.4 Å². The number of carbonyl (C=O) groups excluding carboxylic acids is 3.